The van der Waals surface area contributed by atoms with E-state index < -0.39 is 0 Å². The molecule has 0 bridgehead atoms. The van der Waals surface area contributed by atoms with Gasteiger partial charge >= 0.3 is 0 Å². The maximum Gasteiger partial charge on any atom is 0.0815 e. The number of benzene rings is 1. The van der Waals surface area contributed by atoms with Crippen LogP contribution < -0.4 is 5.32 Å². The first-order valence-corrected chi connectivity index (χ1v) is 6.28. The smallest absolute Gasteiger partial charge is 0.0815 e. The summed E-state index contributed by atoms with van der Waals surface area (Å²) in [6.45, 7) is 0.721. The van der Waals surface area contributed by atoms with Crippen LogP contribution in [0.1, 0.15) is 5.69 Å². The number of aryl methyl sites for hydroxylation is 1. The monoisotopic (exact) mass is 347 g/mol. The quantitative estimate of drug-likeness (QED) is 0.864. The van der Waals surface area contributed by atoms with Crippen molar-refractivity contribution in [2.24, 2.45) is 7.05 Å². The zero-order valence-corrected chi connectivity index (χ0v) is 11.7. The number of nitrogens with zero attached hydrogens (tertiary/aromatic N) is 2. The molecule has 0 saturated heterocycles. The standard InChI is InChI=1S/C11H11ClIN3/c1-16-5-4-9(15-16)7-14-11-3-2-8(12)6-10(11)13/h2-6,14H,7H2,1H3. The maximum atomic E-state index is 5.89. The lowest BCUT2D eigenvalue weighted by Crippen LogP contribution is -2.02. The largest absolute Gasteiger partial charge is 0.378 e. The van der Waals surface area contributed by atoms with Crippen molar-refractivity contribution in [1.29, 1.82) is 0 Å². The number of hydrogen-bond donors (Lipinski definition) is 1. The number of anilines is 1. The highest BCUT2D eigenvalue weighted by Crippen LogP contribution is 2.22. The minimum atomic E-state index is 0.721. The number of hydrogen-bond acceptors (Lipinski definition) is 2. The molecule has 0 spiro atoms. The molecule has 0 unspecified atom stereocenters. The molecule has 0 aliphatic heterocycles. The van der Waals surface area contributed by atoms with Crippen LogP contribution in [-0.2, 0) is 13.6 Å². The van der Waals surface area contributed by atoms with E-state index in [1.54, 1.807) is 4.68 Å². The van der Waals surface area contributed by atoms with Crippen LogP contribution in [0.2, 0.25) is 5.02 Å². The molecule has 0 saturated carbocycles. The molecule has 3 nitrogen and oxygen atoms in total. The summed E-state index contributed by atoms with van der Waals surface area (Å²) in [5.74, 6) is 0. The van der Waals surface area contributed by atoms with Gasteiger partial charge in [-0.2, -0.15) is 5.10 Å². The Morgan fingerprint density at radius 1 is 1.44 bits per heavy atom. The molecule has 5 heteroatoms. The summed E-state index contributed by atoms with van der Waals surface area (Å²) in [5, 5.41) is 8.38. The van der Waals surface area contributed by atoms with Crippen LogP contribution in [0.4, 0.5) is 5.69 Å². The Balaban J connectivity index is 2.04. The van der Waals surface area contributed by atoms with Crippen LogP contribution in [0.15, 0.2) is 30.5 Å². The highest BCUT2D eigenvalue weighted by atomic mass is 127. The Morgan fingerprint density at radius 2 is 2.25 bits per heavy atom. The molecule has 1 N–H and O–H groups in total. The molecule has 1 aromatic heterocycles. The summed E-state index contributed by atoms with van der Waals surface area (Å²) in [6, 6.07) is 7.79. The van der Waals surface area contributed by atoms with Crippen molar-refractivity contribution in [1.82, 2.24) is 9.78 Å². The Kier molecular flexibility index (Phi) is 3.70. The van der Waals surface area contributed by atoms with Gasteiger partial charge in [-0.25, -0.2) is 0 Å². The molecular formula is C11H11ClIN3. The summed E-state index contributed by atoms with van der Waals surface area (Å²) in [6.07, 6.45) is 1.93. The summed E-state index contributed by atoms with van der Waals surface area (Å²) >= 11 is 8.15. The number of aromatic nitrogens is 2. The second-order valence-electron chi connectivity index (χ2n) is 3.46. The number of nitrogens with one attached hydrogen (secondary N) is 1. The fourth-order valence-corrected chi connectivity index (χ4v) is 2.44. The van der Waals surface area contributed by atoms with E-state index >= 15 is 0 Å². The fraction of sp³-hybridized carbons (Fsp3) is 0.182. The van der Waals surface area contributed by atoms with Crippen LogP contribution in [-0.4, -0.2) is 9.78 Å². The van der Waals surface area contributed by atoms with Gasteiger partial charge in [0.1, 0.15) is 0 Å². The van der Waals surface area contributed by atoms with E-state index in [0.717, 1.165) is 26.5 Å². The van der Waals surface area contributed by atoms with Gasteiger partial charge in [0.15, 0.2) is 0 Å². The third kappa shape index (κ3) is 2.89. The van der Waals surface area contributed by atoms with Crippen molar-refractivity contribution in [3.8, 4) is 0 Å². The molecule has 1 aromatic carbocycles. The van der Waals surface area contributed by atoms with E-state index in [-0.39, 0.29) is 0 Å². The minimum Gasteiger partial charge on any atom is -0.378 e. The van der Waals surface area contributed by atoms with E-state index in [2.05, 4.69) is 33.0 Å². The lowest BCUT2D eigenvalue weighted by atomic mass is 10.3. The molecule has 0 atom stereocenters. The lowest BCUT2D eigenvalue weighted by molar-refractivity contribution is 0.747. The highest BCUT2D eigenvalue weighted by Gasteiger charge is 2.01. The predicted octanol–water partition coefficient (Wildman–Crippen LogP) is 3.29. The van der Waals surface area contributed by atoms with Crippen molar-refractivity contribution in [3.63, 3.8) is 0 Å². The normalized spacial score (nSPS) is 10.4. The van der Waals surface area contributed by atoms with Crippen LogP contribution in [0.5, 0.6) is 0 Å². The average molecular weight is 348 g/mol. The third-order valence-electron chi connectivity index (χ3n) is 2.16. The van der Waals surface area contributed by atoms with Gasteiger partial charge < -0.3 is 5.32 Å². The Morgan fingerprint density at radius 3 is 2.88 bits per heavy atom. The topological polar surface area (TPSA) is 29.9 Å². The third-order valence-corrected chi connectivity index (χ3v) is 3.29. The van der Waals surface area contributed by atoms with E-state index in [9.17, 15) is 0 Å². The molecule has 2 aromatic rings. The molecule has 2 rings (SSSR count). The minimum absolute atomic E-state index is 0.721. The highest BCUT2D eigenvalue weighted by molar-refractivity contribution is 14.1. The van der Waals surface area contributed by atoms with Crippen molar-refractivity contribution in [3.05, 3.63) is 44.7 Å². The van der Waals surface area contributed by atoms with Crippen LogP contribution in [0.25, 0.3) is 0 Å². The molecule has 0 aliphatic carbocycles. The Bertz CT molecular complexity index is 496. The molecule has 84 valence electrons. The van der Waals surface area contributed by atoms with Gasteiger partial charge in [0.25, 0.3) is 0 Å². The molecular weight excluding hydrogens is 336 g/mol. The summed E-state index contributed by atoms with van der Waals surface area (Å²) in [5.41, 5.74) is 2.10. The zero-order chi connectivity index (χ0) is 11.5. The average Bonchev–Trinajstić information content (AvgIpc) is 2.63. The zero-order valence-electron chi connectivity index (χ0n) is 8.74. The van der Waals surface area contributed by atoms with E-state index in [1.165, 1.54) is 0 Å². The first-order chi connectivity index (χ1) is 7.65. The molecule has 1 heterocycles. The second kappa shape index (κ2) is 5.05. The molecule has 0 radical (unpaired) electrons. The van der Waals surface area contributed by atoms with Crippen LogP contribution in [0.3, 0.4) is 0 Å². The predicted molar refractivity (Wildman–Crippen MR) is 74.7 cm³/mol. The first kappa shape index (κ1) is 11.7. The van der Waals surface area contributed by atoms with Crippen molar-refractivity contribution >= 4 is 39.9 Å². The lowest BCUT2D eigenvalue weighted by Gasteiger charge is -2.07. The van der Waals surface area contributed by atoms with Gasteiger partial charge in [0.05, 0.1) is 12.2 Å². The summed E-state index contributed by atoms with van der Waals surface area (Å²) < 4.78 is 2.91. The molecule has 0 aliphatic rings. The SMILES string of the molecule is Cn1ccc(CNc2ccc(Cl)cc2I)n1. The maximum absolute atomic E-state index is 5.89. The second-order valence-corrected chi connectivity index (χ2v) is 5.06. The van der Waals surface area contributed by atoms with Gasteiger partial charge in [-0.05, 0) is 46.9 Å². The Labute approximate surface area is 113 Å². The van der Waals surface area contributed by atoms with E-state index in [1.807, 2.05) is 37.5 Å². The summed E-state index contributed by atoms with van der Waals surface area (Å²) in [4.78, 5) is 0. The van der Waals surface area contributed by atoms with Gasteiger partial charge in [0.2, 0.25) is 0 Å². The summed E-state index contributed by atoms with van der Waals surface area (Å²) in [7, 11) is 1.91. The number of halogens is 2. The van der Waals surface area contributed by atoms with Gasteiger partial charge in [-0.3, -0.25) is 4.68 Å². The van der Waals surface area contributed by atoms with Crippen LogP contribution in [0, 0.1) is 3.57 Å². The van der Waals surface area contributed by atoms with Crippen molar-refractivity contribution in [2.45, 2.75) is 6.54 Å². The van der Waals surface area contributed by atoms with Gasteiger partial charge in [0, 0.05) is 27.5 Å². The van der Waals surface area contributed by atoms with Crippen molar-refractivity contribution < 1.29 is 0 Å². The van der Waals surface area contributed by atoms with Gasteiger partial charge in [-0.15, -0.1) is 0 Å². The van der Waals surface area contributed by atoms with E-state index in [0.29, 0.717) is 0 Å². The molecule has 0 fully saturated rings. The molecule has 16 heavy (non-hydrogen) atoms. The molecule has 0 amide bonds. The van der Waals surface area contributed by atoms with Gasteiger partial charge in [-0.1, -0.05) is 11.6 Å². The van der Waals surface area contributed by atoms with Crippen molar-refractivity contribution in [2.75, 3.05) is 5.32 Å². The Hall–Kier alpha value is -0.750. The van der Waals surface area contributed by atoms with Crippen LogP contribution >= 0.6 is 34.2 Å². The fourth-order valence-electron chi connectivity index (χ4n) is 1.38. The number of rotatable bonds is 3. The van der Waals surface area contributed by atoms with E-state index in [4.69, 9.17) is 11.6 Å². The first-order valence-electron chi connectivity index (χ1n) is 4.82.